The van der Waals surface area contributed by atoms with Crippen LogP contribution in [0.25, 0.3) is 0 Å². The number of rotatable bonds is 6. The highest BCUT2D eigenvalue weighted by Crippen LogP contribution is 2.40. The Balaban J connectivity index is 1.76. The molecule has 0 bridgehead atoms. The smallest absolute Gasteiger partial charge is 0.341 e. The summed E-state index contributed by atoms with van der Waals surface area (Å²) >= 11 is 2.66. The second-order valence-corrected chi connectivity index (χ2v) is 8.18. The first-order valence-corrected chi connectivity index (χ1v) is 10.2. The summed E-state index contributed by atoms with van der Waals surface area (Å²) in [5, 5.41) is 11.4. The minimum atomic E-state index is -0.371. The predicted molar refractivity (Wildman–Crippen MR) is 101 cm³/mol. The zero-order valence-corrected chi connectivity index (χ0v) is 16.3. The van der Waals surface area contributed by atoms with Crippen molar-refractivity contribution in [1.82, 2.24) is 14.9 Å². The topological polar surface area (TPSA) is 112 Å². The van der Waals surface area contributed by atoms with E-state index in [-0.39, 0.29) is 17.6 Å². The number of nitrogens with one attached hydrogen (secondary N) is 1. The number of carbonyl (C=O) groups excluding carboxylic acids is 2. The SMILES string of the molecule is CCOC(=O)c1c(NC(=O)CSc2nncn2N)sc2c1CC[C@H](C)C2. The third-order valence-corrected chi connectivity index (χ3v) is 6.24. The lowest BCUT2D eigenvalue weighted by Crippen LogP contribution is -2.18. The fraction of sp³-hybridized carbons (Fsp3) is 0.500. The number of anilines is 1. The first-order valence-electron chi connectivity index (χ1n) is 8.39. The summed E-state index contributed by atoms with van der Waals surface area (Å²) in [5.41, 5.74) is 1.54. The summed E-state index contributed by atoms with van der Waals surface area (Å²) in [6.07, 6.45) is 4.16. The Labute approximate surface area is 159 Å². The number of amides is 1. The molecular formula is C16H21N5O3S2. The number of thioether (sulfide) groups is 1. The molecule has 1 aliphatic rings. The molecule has 8 nitrogen and oxygen atoms in total. The van der Waals surface area contributed by atoms with Gasteiger partial charge in [0.2, 0.25) is 11.1 Å². The number of nitrogens with zero attached hydrogens (tertiary/aromatic N) is 3. The van der Waals surface area contributed by atoms with E-state index in [4.69, 9.17) is 10.6 Å². The van der Waals surface area contributed by atoms with Crippen LogP contribution >= 0.6 is 23.1 Å². The van der Waals surface area contributed by atoms with Crippen LogP contribution in [0.4, 0.5) is 5.00 Å². The molecule has 3 N–H and O–H groups in total. The molecule has 2 heterocycles. The number of hydrogen-bond donors (Lipinski definition) is 2. The molecule has 2 aromatic rings. The monoisotopic (exact) mass is 395 g/mol. The van der Waals surface area contributed by atoms with Gasteiger partial charge in [0, 0.05) is 4.88 Å². The van der Waals surface area contributed by atoms with Gasteiger partial charge in [-0.05, 0) is 37.7 Å². The quantitative estimate of drug-likeness (QED) is 0.437. The molecule has 2 aromatic heterocycles. The summed E-state index contributed by atoms with van der Waals surface area (Å²) in [4.78, 5) is 26.0. The van der Waals surface area contributed by atoms with Gasteiger partial charge in [0.05, 0.1) is 17.9 Å². The zero-order chi connectivity index (χ0) is 18.7. The molecule has 1 amide bonds. The molecule has 0 fully saturated rings. The lowest BCUT2D eigenvalue weighted by atomic mass is 9.88. The molecule has 0 aliphatic heterocycles. The predicted octanol–water partition coefficient (Wildman–Crippen LogP) is 2.09. The third-order valence-electron chi connectivity index (χ3n) is 4.12. The van der Waals surface area contributed by atoms with Crippen molar-refractivity contribution in [1.29, 1.82) is 0 Å². The van der Waals surface area contributed by atoms with Crippen LogP contribution < -0.4 is 11.2 Å². The van der Waals surface area contributed by atoms with Gasteiger partial charge in [0.15, 0.2) is 0 Å². The van der Waals surface area contributed by atoms with Gasteiger partial charge in [-0.1, -0.05) is 18.7 Å². The zero-order valence-electron chi connectivity index (χ0n) is 14.7. The van der Waals surface area contributed by atoms with E-state index >= 15 is 0 Å². The van der Waals surface area contributed by atoms with Crippen LogP contribution in [-0.4, -0.2) is 39.1 Å². The Morgan fingerprint density at radius 3 is 3.04 bits per heavy atom. The van der Waals surface area contributed by atoms with Crippen LogP contribution in [0.2, 0.25) is 0 Å². The maximum absolute atomic E-state index is 12.4. The normalized spacial score (nSPS) is 16.2. The van der Waals surface area contributed by atoms with E-state index in [1.54, 1.807) is 6.92 Å². The number of thiophene rings is 1. The minimum absolute atomic E-state index is 0.122. The number of nitrogen functional groups attached to an aromatic ring is 1. The first-order chi connectivity index (χ1) is 12.5. The fourth-order valence-corrected chi connectivity index (χ4v) is 4.93. The number of aromatic nitrogens is 3. The van der Waals surface area contributed by atoms with Crippen LogP contribution in [0.5, 0.6) is 0 Å². The van der Waals surface area contributed by atoms with E-state index in [1.165, 1.54) is 34.1 Å². The summed E-state index contributed by atoms with van der Waals surface area (Å²) in [6, 6.07) is 0. The van der Waals surface area contributed by atoms with Crippen molar-refractivity contribution in [3.05, 3.63) is 22.3 Å². The molecule has 0 saturated carbocycles. The van der Waals surface area contributed by atoms with Crippen LogP contribution in [0.1, 0.15) is 41.1 Å². The number of carbonyl (C=O) groups is 2. The Hall–Kier alpha value is -2.07. The van der Waals surface area contributed by atoms with Crippen LogP contribution in [0.15, 0.2) is 11.5 Å². The molecule has 0 unspecified atom stereocenters. The Bertz CT molecular complexity index is 817. The van der Waals surface area contributed by atoms with E-state index < -0.39 is 0 Å². The van der Waals surface area contributed by atoms with Crippen molar-refractivity contribution in [3.8, 4) is 0 Å². The standard InChI is InChI=1S/C16H21N5O3S2/c1-3-24-15(23)13-10-5-4-9(2)6-11(10)26-14(13)19-12(22)7-25-16-20-18-8-21(16)17/h8-9H,3-7,17H2,1-2H3,(H,19,22)/t9-/m0/s1. The van der Waals surface area contributed by atoms with Gasteiger partial charge in [0.25, 0.3) is 0 Å². The highest BCUT2D eigenvalue weighted by molar-refractivity contribution is 7.99. The Morgan fingerprint density at radius 2 is 2.35 bits per heavy atom. The van der Waals surface area contributed by atoms with Crippen molar-refractivity contribution in [2.45, 2.75) is 38.3 Å². The first kappa shape index (κ1) is 18.7. The van der Waals surface area contributed by atoms with Gasteiger partial charge in [-0.15, -0.1) is 21.5 Å². The van der Waals surface area contributed by atoms with Crippen molar-refractivity contribution in [3.63, 3.8) is 0 Å². The number of fused-ring (bicyclic) bond motifs is 1. The van der Waals surface area contributed by atoms with E-state index in [9.17, 15) is 9.59 Å². The molecule has 26 heavy (non-hydrogen) atoms. The summed E-state index contributed by atoms with van der Waals surface area (Å²) in [6.45, 7) is 4.27. The molecule has 140 valence electrons. The van der Waals surface area contributed by atoms with E-state index in [1.807, 2.05) is 0 Å². The molecule has 0 radical (unpaired) electrons. The van der Waals surface area contributed by atoms with E-state index in [0.717, 1.165) is 29.7 Å². The van der Waals surface area contributed by atoms with Gasteiger partial charge in [-0.25, -0.2) is 9.47 Å². The maximum atomic E-state index is 12.4. The molecule has 3 rings (SSSR count). The number of ether oxygens (including phenoxy) is 1. The third kappa shape index (κ3) is 4.01. The highest BCUT2D eigenvalue weighted by atomic mass is 32.2. The van der Waals surface area contributed by atoms with Gasteiger partial charge >= 0.3 is 5.97 Å². The number of hydrogen-bond acceptors (Lipinski definition) is 8. The Morgan fingerprint density at radius 1 is 1.54 bits per heavy atom. The van der Waals surface area contributed by atoms with Gasteiger partial charge in [0.1, 0.15) is 11.3 Å². The summed E-state index contributed by atoms with van der Waals surface area (Å²) < 4.78 is 6.47. The van der Waals surface area contributed by atoms with Crippen molar-refractivity contribution < 1.29 is 14.3 Å². The second kappa shape index (κ2) is 8.09. The molecular weight excluding hydrogens is 374 g/mol. The van der Waals surface area contributed by atoms with Crippen LogP contribution in [0, 0.1) is 5.92 Å². The van der Waals surface area contributed by atoms with Crippen molar-refractivity contribution in [2.75, 3.05) is 23.5 Å². The molecule has 1 aliphatic carbocycles. The fourth-order valence-electron chi connectivity index (χ4n) is 2.89. The molecule has 0 spiro atoms. The number of nitrogens with two attached hydrogens (primary N) is 1. The summed E-state index contributed by atoms with van der Waals surface area (Å²) in [5.74, 6) is 5.74. The van der Waals surface area contributed by atoms with Gasteiger partial charge in [-0.3, -0.25) is 4.79 Å². The number of esters is 1. The highest BCUT2D eigenvalue weighted by Gasteiger charge is 2.29. The second-order valence-electron chi connectivity index (χ2n) is 6.13. The lowest BCUT2D eigenvalue weighted by molar-refractivity contribution is -0.113. The summed E-state index contributed by atoms with van der Waals surface area (Å²) in [7, 11) is 0. The molecule has 1 atom stereocenters. The van der Waals surface area contributed by atoms with Gasteiger partial charge < -0.3 is 15.9 Å². The van der Waals surface area contributed by atoms with Gasteiger partial charge in [-0.2, -0.15) is 0 Å². The average molecular weight is 396 g/mol. The minimum Gasteiger partial charge on any atom is -0.462 e. The largest absolute Gasteiger partial charge is 0.462 e. The average Bonchev–Trinajstić information content (AvgIpc) is 3.15. The molecule has 10 heteroatoms. The lowest BCUT2D eigenvalue weighted by Gasteiger charge is -2.18. The van der Waals surface area contributed by atoms with Crippen LogP contribution in [-0.2, 0) is 22.4 Å². The maximum Gasteiger partial charge on any atom is 0.341 e. The van der Waals surface area contributed by atoms with E-state index in [2.05, 4.69) is 22.4 Å². The Kier molecular flexibility index (Phi) is 5.82. The van der Waals surface area contributed by atoms with Crippen molar-refractivity contribution >= 4 is 40.0 Å². The van der Waals surface area contributed by atoms with E-state index in [0.29, 0.717) is 28.2 Å². The molecule has 0 aromatic carbocycles. The van der Waals surface area contributed by atoms with Crippen molar-refractivity contribution in [2.24, 2.45) is 5.92 Å². The molecule has 0 saturated heterocycles. The van der Waals surface area contributed by atoms with Crippen LogP contribution in [0.3, 0.4) is 0 Å².